The average Bonchev–Trinajstić information content (AvgIpc) is 2.78. The van der Waals surface area contributed by atoms with Crippen LogP contribution >= 0.6 is 11.3 Å². The number of nitrogens with one attached hydrogen (secondary N) is 1. The first kappa shape index (κ1) is 14.5. The lowest BCUT2D eigenvalue weighted by Gasteiger charge is -2.15. The minimum absolute atomic E-state index is 0.105. The fraction of sp³-hybridized carbons (Fsp3) is 0.583. The maximum Gasteiger partial charge on any atom is 0.130 e. The smallest absolute Gasteiger partial charge is 0.130 e. The molecule has 0 aromatic carbocycles. The SMILES string of the molecule is CC(C)(C)c1ccc(C(C#N)NCCN=[N+]=[N-])s1. The summed E-state index contributed by atoms with van der Waals surface area (Å²) < 4.78 is 0. The molecule has 1 aromatic heterocycles. The molecule has 0 aliphatic carbocycles. The van der Waals surface area contributed by atoms with E-state index < -0.39 is 0 Å². The molecule has 18 heavy (non-hydrogen) atoms. The Bertz CT molecular complexity index is 473. The molecular weight excluding hydrogens is 246 g/mol. The van der Waals surface area contributed by atoms with Gasteiger partial charge in [0.15, 0.2) is 0 Å². The molecule has 0 bridgehead atoms. The quantitative estimate of drug-likeness (QED) is 0.381. The fourth-order valence-electron chi connectivity index (χ4n) is 1.42. The van der Waals surface area contributed by atoms with Crippen molar-refractivity contribution in [2.45, 2.75) is 32.2 Å². The zero-order chi connectivity index (χ0) is 13.6. The van der Waals surface area contributed by atoms with Crippen molar-refractivity contribution >= 4 is 11.3 Å². The molecule has 96 valence electrons. The molecule has 0 saturated heterocycles. The maximum absolute atomic E-state index is 9.14. The molecule has 0 aliphatic rings. The lowest BCUT2D eigenvalue weighted by atomic mass is 9.95. The van der Waals surface area contributed by atoms with Crippen LogP contribution in [0.4, 0.5) is 0 Å². The molecule has 1 heterocycles. The van der Waals surface area contributed by atoms with Gasteiger partial charge in [0.2, 0.25) is 0 Å². The minimum Gasteiger partial charge on any atom is -0.297 e. The van der Waals surface area contributed by atoms with Crippen LogP contribution in [0.2, 0.25) is 0 Å². The lowest BCUT2D eigenvalue weighted by Crippen LogP contribution is -2.22. The van der Waals surface area contributed by atoms with Crippen molar-refractivity contribution in [3.63, 3.8) is 0 Å². The van der Waals surface area contributed by atoms with Gasteiger partial charge in [-0.1, -0.05) is 25.9 Å². The minimum atomic E-state index is -0.333. The van der Waals surface area contributed by atoms with Gasteiger partial charge in [0.25, 0.3) is 0 Å². The number of rotatable bonds is 5. The summed E-state index contributed by atoms with van der Waals surface area (Å²) >= 11 is 1.65. The van der Waals surface area contributed by atoms with Crippen LogP contribution in [0.25, 0.3) is 10.4 Å². The van der Waals surface area contributed by atoms with Crippen LogP contribution in [0.3, 0.4) is 0 Å². The first-order chi connectivity index (χ1) is 8.49. The molecule has 0 amide bonds. The number of nitriles is 1. The van der Waals surface area contributed by atoms with Gasteiger partial charge in [-0.05, 0) is 23.1 Å². The van der Waals surface area contributed by atoms with Crippen LogP contribution in [0.1, 0.15) is 36.6 Å². The highest BCUT2D eigenvalue weighted by Crippen LogP contribution is 2.32. The van der Waals surface area contributed by atoms with E-state index in [1.54, 1.807) is 11.3 Å². The molecule has 0 spiro atoms. The van der Waals surface area contributed by atoms with Gasteiger partial charge in [0.05, 0.1) is 6.07 Å². The largest absolute Gasteiger partial charge is 0.297 e. The van der Waals surface area contributed by atoms with Crippen LogP contribution < -0.4 is 5.32 Å². The van der Waals surface area contributed by atoms with Crippen LogP contribution in [0, 0.1) is 11.3 Å². The van der Waals surface area contributed by atoms with Gasteiger partial charge in [-0.15, -0.1) is 11.3 Å². The van der Waals surface area contributed by atoms with Crippen molar-refractivity contribution in [2.24, 2.45) is 5.11 Å². The van der Waals surface area contributed by atoms with Crippen LogP contribution in [-0.2, 0) is 5.41 Å². The van der Waals surface area contributed by atoms with E-state index in [1.807, 2.05) is 6.07 Å². The lowest BCUT2D eigenvalue weighted by molar-refractivity contribution is 0.604. The molecule has 5 nitrogen and oxygen atoms in total. The molecule has 0 saturated carbocycles. The highest BCUT2D eigenvalue weighted by Gasteiger charge is 2.19. The highest BCUT2D eigenvalue weighted by atomic mass is 32.1. The topological polar surface area (TPSA) is 84.6 Å². The van der Waals surface area contributed by atoms with Crippen LogP contribution in [-0.4, -0.2) is 13.1 Å². The standard InChI is InChI=1S/C12H17N5S/c1-12(2,3)11-5-4-10(18-11)9(8-13)15-6-7-16-17-14/h4-5,9,15H,6-7H2,1-3H3. The summed E-state index contributed by atoms with van der Waals surface area (Å²) in [7, 11) is 0. The molecule has 0 radical (unpaired) electrons. The second-order valence-electron chi connectivity index (χ2n) is 4.92. The number of azide groups is 1. The molecule has 1 rings (SSSR count). The normalized spacial score (nSPS) is 12.6. The van der Waals surface area contributed by atoms with E-state index in [0.717, 1.165) is 4.88 Å². The Balaban J connectivity index is 2.69. The highest BCUT2D eigenvalue weighted by molar-refractivity contribution is 7.12. The Morgan fingerprint density at radius 3 is 2.78 bits per heavy atom. The zero-order valence-electron chi connectivity index (χ0n) is 10.8. The van der Waals surface area contributed by atoms with Gasteiger partial charge in [0, 0.05) is 27.8 Å². The fourth-order valence-corrected chi connectivity index (χ4v) is 2.51. The Morgan fingerprint density at radius 2 is 2.28 bits per heavy atom. The van der Waals surface area contributed by atoms with Crippen LogP contribution in [0.5, 0.6) is 0 Å². The third-order valence-electron chi connectivity index (χ3n) is 2.40. The molecule has 1 N–H and O–H groups in total. The van der Waals surface area contributed by atoms with Crippen molar-refractivity contribution in [3.05, 3.63) is 32.3 Å². The summed E-state index contributed by atoms with van der Waals surface area (Å²) in [6.07, 6.45) is 0. The van der Waals surface area contributed by atoms with Crippen molar-refractivity contribution < 1.29 is 0 Å². The zero-order valence-corrected chi connectivity index (χ0v) is 11.7. The molecule has 0 fully saturated rings. The monoisotopic (exact) mass is 263 g/mol. The van der Waals surface area contributed by atoms with Gasteiger partial charge in [0.1, 0.15) is 6.04 Å². The molecule has 6 heteroatoms. The van der Waals surface area contributed by atoms with Crippen molar-refractivity contribution in [3.8, 4) is 6.07 Å². The second kappa shape index (κ2) is 6.41. The van der Waals surface area contributed by atoms with E-state index in [1.165, 1.54) is 4.88 Å². The number of hydrogen-bond acceptors (Lipinski definition) is 4. The van der Waals surface area contributed by atoms with E-state index in [4.69, 9.17) is 10.8 Å². The van der Waals surface area contributed by atoms with Crippen molar-refractivity contribution in [1.82, 2.24) is 5.32 Å². The van der Waals surface area contributed by atoms with Crippen LogP contribution in [0.15, 0.2) is 17.2 Å². The molecule has 1 atom stereocenters. The van der Waals surface area contributed by atoms with Crippen molar-refractivity contribution in [1.29, 1.82) is 5.26 Å². The van der Waals surface area contributed by atoms with E-state index in [-0.39, 0.29) is 11.5 Å². The molecule has 1 unspecified atom stereocenters. The molecule has 0 aliphatic heterocycles. The van der Waals surface area contributed by atoms with E-state index in [0.29, 0.717) is 13.1 Å². The summed E-state index contributed by atoms with van der Waals surface area (Å²) in [6, 6.07) is 5.95. The summed E-state index contributed by atoms with van der Waals surface area (Å²) in [4.78, 5) is 4.93. The number of nitrogens with zero attached hydrogens (tertiary/aromatic N) is 4. The van der Waals surface area contributed by atoms with Gasteiger partial charge in [-0.3, -0.25) is 5.32 Å². The molecule has 1 aromatic rings. The Morgan fingerprint density at radius 1 is 1.56 bits per heavy atom. The van der Waals surface area contributed by atoms with Gasteiger partial charge in [-0.25, -0.2) is 0 Å². The van der Waals surface area contributed by atoms with Gasteiger partial charge >= 0.3 is 0 Å². The van der Waals surface area contributed by atoms with E-state index in [9.17, 15) is 0 Å². The first-order valence-electron chi connectivity index (χ1n) is 5.73. The summed E-state index contributed by atoms with van der Waals surface area (Å²) in [6.45, 7) is 7.31. The van der Waals surface area contributed by atoms with Gasteiger partial charge < -0.3 is 0 Å². The summed E-state index contributed by atoms with van der Waals surface area (Å²) in [5.74, 6) is 0. The van der Waals surface area contributed by atoms with E-state index in [2.05, 4.69) is 48.2 Å². The third kappa shape index (κ3) is 4.04. The van der Waals surface area contributed by atoms with Gasteiger partial charge in [-0.2, -0.15) is 5.26 Å². The Labute approximate surface area is 111 Å². The Hall–Kier alpha value is -1.54. The van der Waals surface area contributed by atoms with E-state index >= 15 is 0 Å². The average molecular weight is 263 g/mol. The summed E-state index contributed by atoms with van der Waals surface area (Å²) in [5.41, 5.74) is 8.27. The summed E-state index contributed by atoms with van der Waals surface area (Å²) in [5, 5.41) is 15.6. The third-order valence-corrected chi connectivity index (χ3v) is 3.98. The second-order valence-corrected chi connectivity index (χ2v) is 6.04. The molecular formula is C12H17N5S. The first-order valence-corrected chi connectivity index (χ1v) is 6.54. The maximum atomic E-state index is 9.14. The predicted octanol–water partition coefficient (Wildman–Crippen LogP) is 3.51. The van der Waals surface area contributed by atoms with Crippen molar-refractivity contribution in [2.75, 3.05) is 13.1 Å². The predicted molar refractivity (Wildman–Crippen MR) is 73.4 cm³/mol. The number of hydrogen-bond donors (Lipinski definition) is 1. The Kier molecular flexibility index (Phi) is 5.17. The number of thiophene rings is 1.